The Balaban J connectivity index is 1.86. The van der Waals surface area contributed by atoms with Crippen molar-refractivity contribution in [2.24, 2.45) is 0 Å². The number of nitrogens with zero attached hydrogens (tertiary/aromatic N) is 3. The van der Waals surface area contributed by atoms with Crippen LogP contribution < -0.4 is 5.32 Å². The summed E-state index contributed by atoms with van der Waals surface area (Å²) in [5, 5.41) is 2.84. The van der Waals surface area contributed by atoms with Gasteiger partial charge >= 0.3 is 0 Å². The van der Waals surface area contributed by atoms with Crippen molar-refractivity contribution in [2.45, 2.75) is 19.2 Å². The minimum Gasteiger partial charge on any atom is -0.356 e. The summed E-state index contributed by atoms with van der Waals surface area (Å²) in [7, 11) is 0. The van der Waals surface area contributed by atoms with Crippen LogP contribution in [-0.4, -0.2) is 33.1 Å². The molecule has 0 amide bonds. The van der Waals surface area contributed by atoms with Gasteiger partial charge in [-0.3, -0.25) is 0 Å². The van der Waals surface area contributed by atoms with Gasteiger partial charge in [-0.1, -0.05) is 11.8 Å². The van der Waals surface area contributed by atoms with E-state index in [1.807, 2.05) is 24.8 Å². The number of carbonyl (C=O) groups excluding carboxylic acids is 1. The second-order valence-corrected chi connectivity index (χ2v) is 6.37. The number of carbonyl (C=O) groups is 1. The number of anilines is 2. The summed E-state index contributed by atoms with van der Waals surface area (Å²) in [5.74, 6) is 0.135. The SMILES string of the molecule is CCN1C(C)=C(c2ccnc(Nc3ccc(F)cc3)n2)SC1C=O. The fourth-order valence-electron chi connectivity index (χ4n) is 2.56. The highest BCUT2D eigenvalue weighted by molar-refractivity contribution is 8.09. The molecule has 124 valence electrons. The Hall–Kier alpha value is -2.41. The molecule has 3 rings (SSSR count). The number of aromatic nitrogens is 2. The molecule has 1 aromatic carbocycles. The van der Waals surface area contributed by atoms with E-state index in [0.717, 1.165) is 29.1 Å². The van der Waals surface area contributed by atoms with Gasteiger partial charge in [0.25, 0.3) is 0 Å². The van der Waals surface area contributed by atoms with Gasteiger partial charge in [-0.25, -0.2) is 14.4 Å². The number of rotatable bonds is 5. The minimum absolute atomic E-state index is 0.214. The van der Waals surface area contributed by atoms with E-state index in [1.54, 1.807) is 18.3 Å². The van der Waals surface area contributed by atoms with Gasteiger partial charge in [0.1, 0.15) is 11.2 Å². The third-order valence-corrected chi connectivity index (χ3v) is 5.10. The summed E-state index contributed by atoms with van der Waals surface area (Å²) >= 11 is 1.49. The zero-order chi connectivity index (χ0) is 17.1. The van der Waals surface area contributed by atoms with Crippen molar-refractivity contribution in [3.8, 4) is 0 Å². The molecule has 0 fully saturated rings. The Morgan fingerprint density at radius 2 is 2.08 bits per heavy atom. The van der Waals surface area contributed by atoms with Crippen LogP contribution in [-0.2, 0) is 4.79 Å². The first-order chi connectivity index (χ1) is 11.6. The molecule has 0 bridgehead atoms. The maximum absolute atomic E-state index is 13.0. The van der Waals surface area contributed by atoms with Crippen LogP contribution >= 0.6 is 11.8 Å². The van der Waals surface area contributed by atoms with Crippen molar-refractivity contribution in [1.82, 2.24) is 14.9 Å². The predicted octanol–water partition coefficient (Wildman–Crippen LogP) is 3.64. The van der Waals surface area contributed by atoms with Gasteiger partial charge in [-0.05, 0) is 44.2 Å². The van der Waals surface area contributed by atoms with Gasteiger partial charge in [-0.15, -0.1) is 0 Å². The number of likely N-dealkylation sites (N-methyl/N-ethyl adjacent to an activating group) is 1. The zero-order valence-corrected chi connectivity index (χ0v) is 14.2. The molecule has 24 heavy (non-hydrogen) atoms. The third kappa shape index (κ3) is 3.26. The highest BCUT2D eigenvalue weighted by Crippen LogP contribution is 2.42. The van der Waals surface area contributed by atoms with Crippen LogP contribution in [0.5, 0.6) is 0 Å². The van der Waals surface area contributed by atoms with Crippen molar-refractivity contribution in [3.63, 3.8) is 0 Å². The molecule has 0 spiro atoms. The molecule has 0 aliphatic carbocycles. The number of benzene rings is 1. The van der Waals surface area contributed by atoms with E-state index < -0.39 is 0 Å². The van der Waals surface area contributed by atoms with E-state index in [-0.39, 0.29) is 11.2 Å². The Morgan fingerprint density at radius 1 is 1.33 bits per heavy atom. The molecule has 1 aromatic heterocycles. The van der Waals surface area contributed by atoms with Crippen molar-refractivity contribution in [2.75, 3.05) is 11.9 Å². The Morgan fingerprint density at radius 3 is 2.71 bits per heavy atom. The number of hydrogen-bond donors (Lipinski definition) is 1. The summed E-state index contributed by atoms with van der Waals surface area (Å²) < 4.78 is 13.0. The Bertz CT molecular complexity index is 778. The normalized spacial score (nSPS) is 17.3. The summed E-state index contributed by atoms with van der Waals surface area (Å²) in [6.45, 7) is 4.77. The van der Waals surface area contributed by atoms with Gasteiger partial charge in [0, 0.05) is 24.1 Å². The maximum Gasteiger partial charge on any atom is 0.227 e. The second-order valence-electron chi connectivity index (χ2n) is 5.24. The van der Waals surface area contributed by atoms with E-state index >= 15 is 0 Å². The summed E-state index contributed by atoms with van der Waals surface area (Å²) in [5.41, 5.74) is 2.50. The van der Waals surface area contributed by atoms with E-state index in [0.29, 0.717) is 11.6 Å². The highest BCUT2D eigenvalue weighted by atomic mass is 32.2. The largest absolute Gasteiger partial charge is 0.356 e. The van der Waals surface area contributed by atoms with Crippen molar-refractivity contribution in [3.05, 3.63) is 53.7 Å². The van der Waals surface area contributed by atoms with E-state index in [4.69, 9.17) is 0 Å². The van der Waals surface area contributed by atoms with E-state index in [2.05, 4.69) is 15.3 Å². The number of allylic oxidation sites excluding steroid dienone is 1. The molecular weight excluding hydrogens is 327 g/mol. The van der Waals surface area contributed by atoms with Crippen LogP contribution in [0.1, 0.15) is 19.5 Å². The van der Waals surface area contributed by atoms with Gasteiger partial charge in [0.05, 0.1) is 10.6 Å². The molecule has 5 nitrogen and oxygen atoms in total. The number of halogens is 1. The van der Waals surface area contributed by atoms with Gasteiger partial charge < -0.3 is 15.0 Å². The number of thioether (sulfide) groups is 1. The maximum atomic E-state index is 13.0. The van der Waals surface area contributed by atoms with Gasteiger partial charge in [0.2, 0.25) is 5.95 Å². The molecular formula is C17H17FN4OS. The van der Waals surface area contributed by atoms with Crippen LogP contribution in [0.25, 0.3) is 4.91 Å². The summed E-state index contributed by atoms with van der Waals surface area (Å²) in [6.07, 6.45) is 2.61. The van der Waals surface area contributed by atoms with Crippen LogP contribution in [0.2, 0.25) is 0 Å². The molecule has 1 unspecified atom stereocenters. The van der Waals surface area contributed by atoms with Crippen LogP contribution in [0.3, 0.4) is 0 Å². The van der Waals surface area contributed by atoms with E-state index in [9.17, 15) is 9.18 Å². The first kappa shape index (κ1) is 16.4. The predicted molar refractivity (Wildman–Crippen MR) is 94.1 cm³/mol. The van der Waals surface area contributed by atoms with E-state index in [1.165, 1.54) is 23.9 Å². The first-order valence-electron chi connectivity index (χ1n) is 7.58. The lowest BCUT2D eigenvalue weighted by atomic mass is 10.3. The fraction of sp³-hybridized carbons (Fsp3) is 0.235. The van der Waals surface area contributed by atoms with Crippen molar-refractivity contribution < 1.29 is 9.18 Å². The van der Waals surface area contributed by atoms with Crippen molar-refractivity contribution in [1.29, 1.82) is 0 Å². The van der Waals surface area contributed by atoms with Gasteiger partial charge in [-0.2, -0.15) is 0 Å². The quantitative estimate of drug-likeness (QED) is 0.836. The minimum atomic E-state index is -0.294. The van der Waals surface area contributed by atoms with Crippen molar-refractivity contribution >= 4 is 34.6 Å². The van der Waals surface area contributed by atoms with Crippen LogP contribution in [0.15, 0.2) is 42.2 Å². The summed E-state index contributed by atoms with van der Waals surface area (Å²) in [4.78, 5) is 23.0. The molecule has 1 N–H and O–H groups in total. The monoisotopic (exact) mass is 344 g/mol. The fourth-order valence-corrected chi connectivity index (χ4v) is 3.82. The molecule has 1 atom stereocenters. The Kier molecular flexibility index (Phi) is 4.80. The first-order valence-corrected chi connectivity index (χ1v) is 8.46. The molecule has 1 aliphatic heterocycles. The Labute approximate surface area is 144 Å². The summed E-state index contributed by atoms with van der Waals surface area (Å²) in [6, 6.07) is 7.82. The standard InChI is InChI=1S/C17H17FN4OS/c1-3-22-11(2)16(24-15(22)10-23)14-8-9-19-17(21-14)20-13-6-4-12(18)5-7-13/h4-10,15H,3H2,1-2H3,(H,19,20,21). The number of nitrogens with one attached hydrogen (secondary N) is 1. The second kappa shape index (κ2) is 7.00. The lowest BCUT2D eigenvalue weighted by molar-refractivity contribution is -0.109. The number of aldehydes is 1. The molecule has 2 heterocycles. The molecule has 0 radical (unpaired) electrons. The third-order valence-electron chi connectivity index (χ3n) is 3.75. The molecule has 7 heteroatoms. The molecule has 2 aromatic rings. The number of hydrogen-bond acceptors (Lipinski definition) is 6. The molecule has 0 saturated heterocycles. The lowest BCUT2D eigenvalue weighted by Gasteiger charge is -2.21. The molecule has 0 saturated carbocycles. The highest BCUT2D eigenvalue weighted by Gasteiger charge is 2.30. The smallest absolute Gasteiger partial charge is 0.227 e. The van der Waals surface area contributed by atoms with Crippen LogP contribution in [0, 0.1) is 5.82 Å². The average molecular weight is 344 g/mol. The topological polar surface area (TPSA) is 58.1 Å². The average Bonchev–Trinajstić information content (AvgIpc) is 2.93. The molecule has 1 aliphatic rings. The lowest BCUT2D eigenvalue weighted by Crippen LogP contribution is -2.28. The zero-order valence-electron chi connectivity index (χ0n) is 13.4. The van der Waals surface area contributed by atoms with Gasteiger partial charge in [0.15, 0.2) is 6.29 Å². The van der Waals surface area contributed by atoms with Crippen LogP contribution in [0.4, 0.5) is 16.0 Å².